The number of methoxy groups -OCH3 is 1. The molecule has 0 unspecified atom stereocenters. The zero-order valence-electron chi connectivity index (χ0n) is 20.2. The van der Waals surface area contributed by atoms with Crippen LogP contribution in [0, 0.1) is 11.8 Å². The first-order valence-corrected chi connectivity index (χ1v) is 21.3. The van der Waals surface area contributed by atoms with E-state index in [0.717, 1.165) is 37.0 Å². The van der Waals surface area contributed by atoms with E-state index in [-0.39, 0.29) is 18.0 Å². The number of hydrogen-bond acceptors (Lipinski definition) is 4. The minimum atomic E-state index is -2.28. The fourth-order valence-corrected chi connectivity index (χ4v) is 7.55. The average molecular weight is 535 g/mol. The summed E-state index contributed by atoms with van der Waals surface area (Å²) in [6, 6.07) is 7.96. The summed E-state index contributed by atoms with van der Waals surface area (Å²) in [5.41, 5.74) is 2.40. The van der Waals surface area contributed by atoms with Crippen molar-refractivity contribution < 1.29 is 19.0 Å². The van der Waals surface area contributed by atoms with Gasteiger partial charge in [0.15, 0.2) is 0 Å². The first kappa shape index (κ1) is 26.0. The van der Waals surface area contributed by atoms with Crippen molar-refractivity contribution in [3.05, 3.63) is 51.6 Å². The minimum absolute atomic E-state index is 0.0430. The molecule has 0 spiro atoms. The summed E-state index contributed by atoms with van der Waals surface area (Å²) in [5.74, 6) is 1.28. The molecule has 1 heterocycles. The predicted molar refractivity (Wildman–Crippen MR) is 130 cm³/mol. The second-order valence-electron chi connectivity index (χ2n) is 9.93. The quantitative estimate of drug-likeness (QED) is 0.178. The van der Waals surface area contributed by atoms with Crippen molar-refractivity contribution in [1.29, 1.82) is 0 Å². The van der Waals surface area contributed by atoms with Crippen LogP contribution in [0.4, 0.5) is 0 Å². The van der Waals surface area contributed by atoms with Crippen LogP contribution in [0.15, 0.2) is 46.1 Å². The van der Waals surface area contributed by atoms with E-state index in [1.54, 1.807) is 7.11 Å². The molecule has 0 radical (unpaired) electrons. The molecule has 0 aliphatic carbocycles. The molecule has 1 aliphatic heterocycles. The predicted octanol–water partition coefficient (Wildman–Crippen LogP) is 6.33. The van der Waals surface area contributed by atoms with Crippen LogP contribution in [0.25, 0.3) is 0 Å². The van der Waals surface area contributed by atoms with Crippen molar-refractivity contribution in [1.82, 2.24) is 0 Å². The van der Waals surface area contributed by atoms with Crippen LogP contribution in [0.1, 0.15) is 45.1 Å². The summed E-state index contributed by atoms with van der Waals surface area (Å²) in [6.07, 6.45) is 6.20. The monoisotopic (exact) mass is 536 g/mol. The zero-order valence-corrected chi connectivity index (χ0v) is 23.1. The van der Waals surface area contributed by atoms with Gasteiger partial charge in [-0.3, -0.25) is 0 Å². The maximum absolute atomic E-state index is 12.3. The Morgan fingerprint density at radius 2 is 1.97 bits per heavy atom. The van der Waals surface area contributed by atoms with Crippen LogP contribution in [0.2, 0.25) is 14.8 Å². The number of benzene rings is 1. The van der Waals surface area contributed by atoms with E-state index in [2.05, 4.69) is 41.3 Å². The Bertz CT molecular complexity index is 761. The molecule has 31 heavy (non-hydrogen) atoms. The van der Waals surface area contributed by atoms with E-state index in [0.29, 0.717) is 19.1 Å². The molecular formula is C26H40O4Sn. The first-order valence-electron chi connectivity index (χ1n) is 11.4. The molecule has 1 aromatic carbocycles. The van der Waals surface area contributed by atoms with E-state index < -0.39 is 18.4 Å². The van der Waals surface area contributed by atoms with Gasteiger partial charge in [-0.05, 0) is 17.7 Å². The number of rotatable bonds is 12. The second-order valence-corrected chi connectivity index (χ2v) is 24.6. The van der Waals surface area contributed by atoms with E-state index >= 15 is 0 Å². The van der Waals surface area contributed by atoms with Gasteiger partial charge in [0.1, 0.15) is 5.75 Å². The number of carbonyl (C=O) groups excluding carboxylic acids is 1. The third kappa shape index (κ3) is 8.64. The molecule has 0 bridgehead atoms. The molecule has 5 heteroatoms. The van der Waals surface area contributed by atoms with Gasteiger partial charge < -0.3 is 4.74 Å². The number of hydrogen-bond donors (Lipinski definition) is 0. The summed E-state index contributed by atoms with van der Waals surface area (Å²) in [4.78, 5) is 19.3. The maximum atomic E-state index is 12.3. The van der Waals surface area contributed by atoms with Crippen LogP contribution in [0.5, 0.6) is 5.75 Å². The number of esters is 1. The van der Waals surface area contributed by atoms with Gasteiger partial charge in [-0.15, -0.1) is 0 Å². The molecular weight excluding hydrogens is 495 g/mol. The molecule has 0 N–H and O–H groups in total. The molecule has 3 atom stereocenters. The van der Waals surface area contributed by atoms with Crippen LogP contribution in [-0.2, 0) is 20.9 Å². The van der Waals surface area contributed by atoms with Crippen molar-refractivity contribution in [3.8, 4) is 5.75 Å². The third-order valence-corrected chi connectivity index (χ3v) is 12.5. The average Bonchev–Trinajstić information content (AvgIpc) is 3.06. The SMILES string of the molecule is C=[C]([C@@H]1C[C@@H](C[C@H](C)CC/C=C(\C)COCc2ccc(OC)cc2)OC1=O)[Sn]([CH3])([CH3])[CH3]. The van der Waals surface area contributed by atoms with Crippen LogP contribution < -0.4 is 4.74 Å². The molecule has 4 nitrogen and oxygen atoms in total. The Morgan fingerprint density at radius 1 is 1.29 bits per heavy atom. The fourth-order valence-electron chi connectivity index (χ4n) is 3.90. The van der Waals surface area contributed by atoms with Gasteiger partial charge in [0.25, 0.3) is 0 Å². The van der Waals surface area contributed by atoms with E-state index in [4.69, 9.17) is 14.2 Å². The van der Waals surface area contributed by atoms with Crippen molar-refractivity contribution in [2.45, 2.75) is 67.1 Å². The van der Waals surface area contributed by atoms with Crippen LogP contribution >= 0.6 is 0 Å². The molecule has 1 fully saturated rings. The molecule has 0 saturated carbocycles. The Hall–Kier alpha value is -1.27. The standard InChI is InChI=1S/C23H31O4.3CH3.Sn/c1-5-20-14-22(27-23(20)24)13-17(2)7-6-8-18(3)15-26-16-19-9-11-21(25-4)12-10-19;;;;/h8-12,17,20,22H,1,6-7,13-16H2,2-4H3;3*1H3;/b18-8+;;;;/t17-,20-,22-;;;;/m1..../s1. The van der Waals surface area contributed by atoms with Gasteiger partial charge in [-0.25, -0.2) is 0 Å². The van der Waals surface area contributed by atoms with Crippen molar-refractivity contribution in [2.75, 3.05) is 13.7 Å². The number of cyclic esters (lactones) is 1. The van der Waals surface area contributed by atoms with Crippen LogP contribution in [-0.4, -0.2) is 44.2 Å². The van der Waals surface area contributed by atoms with Gasteiger partial charge >= 0.3 is 139 Å². The summed E-state index contributed by atoms with van der Waals surface area (Å²) in [5, 5.41) is 0. The fraction of sp³-hybridized carbons (Fsp3) is 0.577. The summed E-state index contributed by atoms with van der Waals surface area (Å²) in [7, 11) is 1.67. The molecule has 1 aromatic rings. The van der Waals surface area contributed by atoms with Gasteiger partial charge in [0, 0.05) is 0 Å². The Morgan fingerprint density at radius 3 is 2.58 bits per heavy atom. The summed E-state index contributed by atoms with van der Waals surface area (Å²) >= 11 is -2.28. The molecule has 172 valence electrons. The van der Waals surface area contributed by atoms with Gasteiger partial charge in [-0.2, -0.15) is 0 Å². The summed E-state index contributed by atoms with van der Waals surface area (Å²) < 4.78 is 17.9. The Labute approximate surface area is 192 Å². The normalized spacial score (nSPS) is 20.5. The van der Waals surface area contributed by atoms with E-state index in [9.17, 15) is 4.79 Å². The van der Waals surface area contributed by atoms with Crippen LogP contribution in [0.3, 0.4) is 0 Å². The van der Waals surface area contributed by atoms with E-state index in [1.807, 2.05) is 24.3 Å². The van der Waals surface area contributed by atoms with Gasteiger partial charge in [0.05, 0.1) is 13.7 Å². The van der Waals surface area contributed by atoms with Gasteiger partial charge in [-0.1, -0.05) is 12.1 Å². The van der Waals surface area contributed by atoms with E-state index in [1.165, 1.54) is 9.16 Å². The Kier molecular flexibility index (Phi) is 10.1. The molecule has 0 aromatic heterocycles. The Balaban J connectivity index is 1.67. The topological polar surface area (TPSA) is 44.8 Å². The number of carbonyl (C=O) groups is 1. The molecule has 1 aliphatic rings. The van der Waals surface area contributed by atoms with Crippen molar-refractivity contribution >= 4 is 24.3 Å². The zero-order chi connectivity index (χ0) is 23.0. The number of allylic oxidation sites excluding steroid dienone is 1. The molecule has 0 amide bonds. The first-order chi connectivity index (χ1) is 14.6. The number of ether oxygens (including phenoxy) is 3. The molecule has 2 rings (SSSR count). The van der Waals surface area contributed by atoms with Crippen molar-refractivity contribution in [2.24, 2.45) is 11.8 Å². The summed E-state index contributed by atoms with van der Waals surface area (Å²) in [6.45, 7) is 9.87. The van der Waals surface area contributed by atoms with Crippen molar-refractivity contribution in [3.63, 3.8) is 0 Å². The molecule has 1 saturated heterocycles. The second kappa shape index (κ2) is 12.1. The third-order valence-electron chi connectivity index (χ3n) is 6.02. The van der Waals surface area contributed by atoms with Gasteiger partial charge in [0.2, 0.25) is 0 Å².